The van der Waals surface area contributed by atoms with Crippen molar-refractivity contribution in [2.45, 2.75) is 45.8 Å². The van der Waals surface area contributed by atoms with Crippen LogP contribution in [0.2, 0.25) is 6.04 Å². The predicted octanol–water partition coefficient (Wildman–Crippen LogP) is 2.20. The fraction of sp³-hybridized carbons (Fsp3) is 1.00. The van der Waals surface area contributed by atoms with Crippen LogP contribution in [0, 0.1) is 0 Å². The molecule has 1 unspecified atom stereocenters. The van der Waals surface area contributed by atoms with Crippen LogP contribution in [0.25, 0.3) is 0 Å². The Kier molecular flexibility index (Phi) is 4.38. The maximum atomic E-state index is 5.85. The highest BCUT2D eigenvalue weighted by Gasteiger charge is 2.44. The highest BCUT2D eigenvalue weighted by molar-refractivity contribution is 6.60. The SMILES string of the molecule is CCO[Si]1(OCC)CCCC(C)O1. The van der Waals surface area contributed by atoms with Gasteiger partial charge in [0.2, 0.25) is 0 Å². The molecule has 1 aliphatic rings. The molecule has 0 aromatic heterocycles. The first kappa shape index (κ1) is 11.2. The highest BCUT2D eigenvalue weighted by Crippen LogP contribution is 2.27. The molecular weight excluding hydrogens is 184 g/mol. The van der Waals surface area contributed by atoms with Gasteiger partial charge in [-0.3, -0.25) is 0 Å². The fourth-order valence-electron chi connectivity index (χ4n) is 1.72. The van der Waals surface area contributed by atoms with Crippen molar-refractivity contribution < 1.29 is 13.3 Å². The van der Waals surface area contributed by atoms with Crippen molar-refractivity contribution in [1.82, 2.24) is 0 Å². The average molecular weight is 204 g/mol. The zero-order chi connectivity index (χ0) is 9.73. The third kappa shape index (κ3) is 3.05. The van der Waals surface area contributed by atoms with E-state index in [-0.39, 0.29) is 0 Å². The van der Waals surface area contributed by atoms with E-state index in [1.54, 1.807) is 0 Å². The molecule has 3 nitrogen and oxygen atoms in total. The zero-order valence-electron chi connectivity index (χ0n) is 8.84. The Morgan fingerprint density at radius 3 is 2.38 bits per heavy atom. The second-order valence-corrected chi connectivity index (χ2v) is 6.05. The maximum absolute atomic E-state index is 5.85. The van der Waals surface area contributed by atoms with Gasteiger partial charge in [-0.2, -0.15) is 0 Å². The lowest BCUT2D eigenvalue weighted by Crippen LogP contribution is -2.50. The van der Waals surface area contributed by atoms with Crippen LogP contribution in [0.5, 0.6) is 0 Å². The molecule has 1 rings (SSSR count). The van der Waals surface area contributed by atoms with Crippen molar-refractivity contribution in [3.05, 3.63) is 0 Å². The summed E-state index contributed by atoms with van der Waals surface area (Å²) in [5.74, 6) is 0. The van der Waals surface area contributed by atoms with Crippen LogP contribution in [0.4, 0.5) is 0 Å². The van der Waals surface area contributed by atoms with Crippen molar-refractivity contribution in [2.24, 2.45) is 0 Å². The molecule has 13 heavy (non-hydrogen) atoms. The van der Waals surface area contributed by atoms with Gasteiger partial charge in [0.05, 0.1) is 0 Å². The molecule has 0 amide bonds. The summed E-state index contributed by atoms with van der Waals surface area (Å²) >= 11 is 0. The summed E-state index contributed by atoms with van der Waals surface area (Å²) in [6.45, 7) is 7.48. The van der Waals surface area contributed by atoms with Gasteiger partial charge < -0.3 is 13.3 Å². The minimum Gasteiger partial charge on any atom is -0.374 e. The fourth-order valence-corrected chi connectivity index (χ4v) is 4.60. The Morgan fingerprint density at radius 2 is 1.92 bits per heavy atom. The van der Waals surface area contributed by atoms with E-state index in [0.717, 1.165) is 12.5 Å². The Labute approximate surface area is 81.7 Å². The summed E-state index contributed by atoms with van der Waals surface area (Å²) in [4.78, 5) is 0. The molecule has 1 atom stereocenters. The standard InChI is InChI=1S/C9H20O3Si/c1-4-10-13(11-5-2)8-6-7-9(3)12-13/h9H,4-8H2,1-3H3. The van der Waals surface area contributed by atoms with E-state index in [0.29, 0.717) is 19.3 Å². The summed E-state index contributed by atoms with van der Waals surface area (Å²) in [7, 11) is -2.25. The van der Waals surface area contributed by atoms with Gasteiger partial charge in [-0.25, -0.2) is 0 Å². The van der Waals surface area contributed by atoms with Crippen molar-refractivity contribution in [3.63, 3.8) is 0 Å². The molecule has 0 saturated carbocycles. The molecule has 1 fully saturated rings. The lowest BCUT2D eigenvalue weighted by Gasteiger charge is -2.35. The van der Waals surface area contributed by atoms with E-state index in [2.05, 4.69) is 6.92 Å². The average Bonchev–Trinajstić information content (AvgIpc) is 2.04. The van der Waals surface area contributed by atoms with E-state index in [9.17, 15) is 0 Å². The third-order valence-electron chi connectivity index (χ3n) is 2.20. The number of hydrogen-bond acceptors (Lipinski definition) is 3. The van der Waals surface area contributed by atoms with Crippen molar-refractivity contribution in [3.8, 4) is 0 Å². The first-order valence-corrected chi connectivity index (χ1v) is 7.11. The van der Waals surface area contributed by atoms with Gasteiger partial charge in [-0.15, -0.1) is 0 Å². The lowest BCUT2D eigenvalue weighted by molar-refractivity contribution is 0.0204. The lowest BCUT2D eigenvalue weighted by atomic mass is 10.2. The molecule has 0 aromatic rings. The second-order valence-electron chi connectivity index (χ2n) is 3.37. The van der Waals surface area contributed by atoms with E-state index in [1.807, 2.05) is 13.8 Å². The van der Waals surface area contributed by atoms with Gasteiger partial charge in [0, 0.05) is 25.4 Å². The summed E-state index contributed by atoms with van der Waals surface area (Å²) in [6, 6.07) is 0.985. The first-order chi connectivity index (χ1) is 6.22. The molecule has 0 aliphatic carbocycles. The molecular formula is C9H20O3Si. The van der Waals surface area contributed by atoms with E-state index < -0.39 is 8.80 Å². The summed E-state index contributed by atoms with van der Waals surface area (Å²) in [6.07, 6.45) is 2.61. The minimum atomic E-state index is -2.25. The predicted molar refractivity (Wildman–Crippen MR) is 53.6 cm³/mol. The van der Waals surface area contributed by atoms with Crippen LogP contribution in [0.3, 0.4) is 0 Å². The highest BCUT2D eigenvalue weighted by atomic mass is 28.4. The van der Waals surface area contributed by atoms with Crippen molar-refractivity contribution >= 4 is 8.80 Å². The van der Waals surface area contributed by atoms with Gasteiger partial charge in [0.15, 0.2) is 0 Å². The molecule has 0 spiro atoms. The Hall–Kier alpha value is 0.0969. The van der Waals surface area contributed by atoms with E-state index >= 15 is 0 Å². The topological polar surface area (TPSA) is 27.7 Å². The van der Waals surface area contributed by atoms with Crippen LogP contribution >= 0.6 is 0 Å². The quantitative estimate of drug-likeness (QED) is 0.657. The smallest absolute Gasteiger partial charge is 0.374 e. The Bertz CT molecular complexity index is 140. The minimum absolute atomic E-state index is 0.304. The molecule has 0 N–H and O–H groups in total. The van der Waals surface area contributed by atoms with E-state index in [4.69, 9.17) is 13.3 Å². The molecule has 0 bridgehead atoms. The summed E-state index contributed by atoms with van der Waals surface area (Å²) in [5.41, 5.74) is 0. The largest absolute Gasteiger partial charge is 0.501 e. The summed E-state index contributed by atoms with van der Waals surface area (Å²) in [5, 5.41) is 0. The monoisotopic (exact) mass is 204 g/mol. The number of rotatable bonds is 4. The van der Waals surface area contributed by atoms with Crippen LogP contribution in [-0.2, 0) is 13.3 Å². The molecule has 0 radical (unpaired) electrons. The molecule has 1 saturated heterocycles. The van der Waals surface area contributed by atoms with Crippen LogP contribution in [0.1, 0.15) is 33.6 Å². The van der Waals surface area contributed by atoms with Crippen LogP contribution < -0.4 is 0 Å². The van der Waals surface area contributed by atoms with Crippen LogP contribution in [0.15, 0.2) is 0 Å². The van der Waals surface area contributed by atoms with Gasteiger partial charge in [0.1, 0.15) is 0 Å². The molecule has 4 heteroatoms. The third-order valence-corrected chi connectivity index (χ3v) is 5.39. The van der Waals surface area contributed by atoms with Gasteiger partial charge in [0.25, 0.3) is 0 Å². The van der Waals surface area contributed by atoms with Gasteiger partial charge in [-0.1, -0.05) is 0 Å². The molecule has 1 heterocycles. The second kappa shape index (κ2) is 5.10. The Balaban J connectivity index is 2.53. The van der Waals surface area contributed by atoms with E-state index in [1.165, 1.54) is 6.42 Å². The summed E-state index contributed by atoms with van der Waals surface area (Å²) < 4.78 is 17.2. The first-order valence-electron chi connectivity index (χ1n) is 5.18. The normalized spacial score (nSPS) is 27.5. The maximum Gasteiger partial charge on any atom is 0.501 e. The van der Waals surface area contributed by atoms with Gasteiger partial charge >= 0.3 is 8.80 Å². The van der Waals surface area contributed by atoms with Crippen molar-refractivity contribution in [1.29, 1.82) is 0 Å². The zero-order valence-corrected chi connectivity index (χ0v) is 9.84. The van der Waals surface area contributed by atoms with Crippen molar-refractivity contribution in [2.75, 3.05) is 13.2 Å². The molecule has 1 aliphatic heterocycles. The molecule has 78 valence electrons. The Morgan fingerprint density at radius 1 is 1.31 bits per heavy atom. The number of hydrogen-bond donors (Lipinski definition) is 0. The van der Waals surface area contributed by atoms with Gasteiger partial charge in [-0.05, 0) is 33.6 Å². The van der Waals surface area contributed by atoms with Crippen LogP contribution in [-0.4, -0.2) is 28.1 Å². The molecule has 0 aromatic carbocycles.